The summed E-state index contributed by atoms with van der Waals surface area (Å²) >= 11 is 1.60. The monoisotopic (exact) mass is 421 g/mol. The van der Waals surface area contributed by atoms with Crippen LogP contribution in [0.2, 0.25) is 0 Å². The number of hydrogen-bond acceptors (Lipinski definition) is 5. The Kier molecular flexibility index (Phi) is 6.71. The smallest absolute Gasteiger partial charge is 0.475 e. The maximum Gasteiger partial charge on any atom is 0.490 e. The average molecular weight is 421 g/mol. The van der Waals surface area contributed by atoms with Crippen LogP contribution in [0.15, 0.2) is 16.8 Å². The van der Waals surface area contributed by atoms with E-state index in [0.717, 1.165) is 25.2 Å². The Morgan fingerprint density at radius 2 is 1.96 bits per heavy atom. The summed E-state index contributed by atoms with van der Waals surface area (Å²) in [5.74, 6) is -2.41. The van der Waals surface area contributed by atoms with E-state index in [1.165, 1.54) is 0 Å². The van der Waals surface area contributed by atoms with Crippen molar-refractivity contribution in [1.82, 2.24) is 9.80 Å². The van der Waals surface area contributed by atoms with Gasteiger partial charge in [0.25, 0.3) is 0 Å². The van der Waals surface area contributed by atoms with Crippen LogP contribution in [-0.2, 0) is 14.4 Å². The van der Waals surface area contributed by atoms with Gasteiger partial charge in [0, 0.05) is 31.4 Å². The van der Waals surface area contributed by atoms with Crippen molar-refractivity contribution in [3.63, 3.8) is 0 Å². The molecule has 7 nitrogen and oxygen atoms in total. The summed E-state index contributed by atoms with van der Waals surface area (Å²) in [6, 6.07) is 1.99. The molecule has 0 saturated carbocycles. The van der Waals surface area contributed by atoms with E-state index in [1.807, 2.05) is 40.6 Å². The maximum absolute atomic E-state index is 12.3. The van der Waals surface area contributed by atoms with Crippen molar-refractivity contribution in [2.45, 2.75) is 31.5 Å². The lowest BCUT2D eigenvalue weighted by atomic mass is 9.93. The van der Waals surface area contributed by atoms with Crippen molar-refractivity contribution in [2.24, 2.45) is 0 Å². The number of rotatable bonds is 2. The minimum Gasteiger partial charge on any atom is -0.475 e. The Bertz CT molecular complexity index is 726. The number of carbonyl (C=O) groups excluding carboxylic acids is 2. The highest BCUT2D eigenvalue weighted by Crippen LogP contribution is 2.34. The Morgan fingerprint density at radius 3 is 2.46 bits per heavy atom. The number of carbonyl (C=O) groups is 3. The van der Waals surface area contributed by atoms with E-state index in [4.69, 9.17) is 9.90 Å². The number of aliphatic carboxylic acids is 1. The number of nitrogens with zero attached hydrogens (tertiary/aromatic N) is 3. The quantitative estimate of drug-likeness (QED) is 0.791. The summed E-state index contributed by atoms with van der Waals surface area (Å²) < 4.78 is 31.7. The summed E-state index contributed by atoms with van der Waals surface area (Å²) in [6.45, 7) is 4.52. The van der Waals surface area contributed by atoms with Crippen molar-refractivity contribution in [2.75, 3.05) is 38.1 Å². The minimum atomic E-state index is -5.08. The molecular formula is C17H22F3N3O4S. The number of piperazine rings is 1. The number of halogens is 3. The number of likely N-dealkylation sites (tertiary alicyclic amines) is 1. The number of anilines is 1. The van der Waals surface area contributed by atoms with E-state index >= 15 is 0 Å². The van der Waals surface area contributed by atoms with Crippen LogP contribution in [0.3, 0.4) is 0 Å². The summed E-state index contributed by atoms with van der Waals surface area (Å²) in [5.41, 5.74) is 0.887. The van der Waals surface area contributed by atoms with Gasteiger partial charge in [0.15, 0.2) is 0 Å². The summed E-state index contributed by atoms with van der Waals surface area (Å²) in [5, 5.41) is 11.1. The number of amides is 2. The average Bonchev–Trinajstić information content (AvgIpc) is 3.28. The highest BCUT2D eigenvalue weighted by Gasteiger charge is 2.48. The van der Waals surface area contributed by atoms with Crippen LogP contribution >= 0.6 is 11.3 Å². The molecule has 2 aliphatic heterocycles. The SMILES string of the molecule is CCC(=O)N1CCC2(C1)CN(c1ccsc1)C(=O)CN2C.O=C(O)C(F)(F)F. The van der Waals surface area contributed by atoms with E-state index in [2.05, 4.69) is 4.90 Å². The molecule has 1 unspecified atom stereocenters. The number of carboxylic acid groups (broad SMARTS) is 1. The van der Waals surface area contributed by atoms with Crippen LogP contribution < -0.4 is 4.90 Å². The van der Waals surface area contributed by atoms with Gasteiger partial charge in [-0.25, -0.2) is 4.79 Å². The number of carboxylic acids is 1. The molecule has 1 spiro atoms. The van der Waals surface area contributed by atoms with Gasteiger partial charge < -0.3 is 14.9 Å². The molecule has 2 fully saturated rings. The summed E-state index contributed by atoms with van der Waals surface area (Å²) in [4.78, 5) is 39.1. The molecular weight excluding hydrogens is 399 g/mol. The third kappa shape index (κ3) is 4.82. The van der Waals surface area contributed by atoms with Crippen LogP contribution in [0, 0.1) is 0 Å². The van der Waals surface area contributed by atoms with Crippen LogP contribution in [0.4, 0.5) is 18.9 Å². The fraction of sp³-hybridized carbons (Fsp3) is 0.588. The van der Waals surface area contributed by atoms with Crippen molar-refractivity contribution >= 4 is 34.8 Å². The van der Waals surface area contributed by atoms with Crippen LogP contribution in [0.25, 0.3) is 0 Å². The zero-order valence-corrected chi connectivity index (χ0v) is 16.3. The number of thiophene rings is 1. The number of hydrogen-bond donors (Lipinski definition) is 1. The minimum absolute atomic E-state index is 0.0966. The van der Waals surface area contributed by atoms with Crippen molar-refractivity contribution < 1.29 is 32.7 Å². The van der Waals surface area contributed by atoms with Gasteiger partial charge in [0.05, 0.1) is 17.8 Å². The first-order valence-electron chi connectivity index (χ1n) is 8.62. The molecule has 1 aromatic heterocycles. The second-order valence-corrected chi connectivity index (χ2v) is 7.54. The predicted molar refractivity (Wildman–Crippen MR) is 97.2 cm³/mol. The largest absolute Gasteiger partial charge is 0.490 e. The van der Waals surface area contributed by atoms with E-state index in [-0.39, 0.29) is 17.4 Å². The Morgan fingerprint density at radius 1 is 1.32 bits per heavy atom. The van der Waals surface area contributed by atoms with Crippen LogP contribution in [-0.4, -0.2) is 77.6 Å². The number of alkyl halides is 3. The molecule has 28 heavy (non-hydrogen) atoms. The fourth-order valence-corrected chi connectivity index (χ4v) is 3.98. The zero-order chi connectivity index (χ0) is 21.1. The van der Waals surface area contributed by atoms with Gasteiger partial charge >= 0.3 is 12.1 Å². The first-order valence-corrected chi connectivity index (χ1v) is 9.56. The van der Waals surface area contributed by atoms with Gasteiger partial charge in [-0.15, -0.1) is 0 Å². The topological polar surface area (TPSA) is 81.2 Å². The maximum atomic E-state index is 12.3. The molecule has 1 aromatic rings. The molecule has 2 aliphatic rings. The van der Waals surface area contributed by atoms with Crippen molar-refractivity contribution in [3.05, 3.63) is 16.8 Å². The normalized spacial score (nSPS) is 23.0. The first-order chi connectivity index (χ1) is 13.0. The molecule has 1 atom stereocenters. The third-order valence-electron chi connectivity index (χ3n) is 4.98. The molecule has 2 amide bonds. The lowest BCUT2D eigenvalue weighted by Crippen LogP contribution is -2.64. The van der Waals surface area contributed by atoms with Crippen LogP contribution in [0.1, 0.15) is 19.8 Å². The third-order valence-corrected chi connectivity index (χ3v) is 5.65. The van der Waals surface area contributed by atoms with Gasteiger partial charge in [-0.3, -0.25) is 14.5 Å². The van der Waals surface area contributed by atoms with Crippen molar-refractivity contribution in [1.29, 1.82) is 0 Å². The van der Waals surface area contributed by atoms with E-state index in [1.54, 1.807) is 11.3 Å². The standard InChI is InChI=1S/C15H21N3O2S.C2HF3O2/c1-3-13(19)17-6-5-15(10-17)11-18(12-4-7-21-9-12)14(20)8-16(15)2;3-2(4,5)1(6)7/h4,7,9H,3,5-6,8,10-11H2,1-2H3;(H,6,7). The molecule has 0 aromatic carbocycles. The lowest BCUT2D eigenvalue weighted by molar-refractivity contribution is -0.192. The number of likely N-dealkylation sites (N-methyl/N-ethyl adjacent to an activating group) is 1. The van der Waals surface area contributed by atoms with Crippen molar-refractivity contribution in [3.8, 4) is 0 Å². The second kappa shape index (κ2) is 8.48. The molecule has 1 N–H and O–H groups in total. The summed E-state index contributed by atoms with van der Waals surface area (Å²) in [6.07, 6.45) is -3.60. The molecule has 0 bridgehead atoms. The second-order valence-electron chi connectivity index (χ2n) is 6.76. The molecule has 3 rings (SSSR count). The predicted octanol–water partition coefficient (Wildman–Crippen LogP) is 2.04. The zero-order valence-electron chi connectivity index (χ0n) is 15.5. The van der Waals surface area contributed by atoms with Crippen LogP contribution in [0.5, 0.6) is 0 Å². The molecule has 156 valence electrons. The van der Waals surface area contributed by atoms with Gasteiger partial charge in [-0.2, -0.15) is 24.5 Å². The summed E-state index contributed by atoms with van der Waals surface area (Å²) in [7, 11) is 2.00. The fourth-order valence-electron chi connectivity index (χ4n) is 3.34. The van der Waals surface area contributed by atoms with Gasteiger partial charge in [-0.05, 0) is 24.9 Å². The molecule has 11 heteroatoms. The van der Waals surface area contributed by atoms with Gasteiger partial charge in [0.1, 0.15) is 0 Å². The van der Waals surface area contributed by atoms with Gasteiger partial charge in [0.2, 0.25) is 11.8 Å². The first kappa shape index (κ1) is 22.2. The lowest BCUT2D eigenvalue weighted by Gasteiger charge is -2.46. The molecule has 0 radical (unpaired) electrons. The Balaban J connectivity index is 0.000000345. The Labute approximate surface area is 164 Å². The molecule has 2 saturated heterocycles. The van der Waals surface area contributed by atoms with Gasteiger partial charge in [-0.1, -0.05) is 6.92 Å². The Hall–Kier alpha value is -2.14. The molecule has 0 aliphatic carbocycles. The molecule has 3 heterocycles. The highest BCUT2D eigenvalue weighted by molar-refractivity contribution is 7.08. The van der Waals surface area contributed by atoms with E-state index in [9.17, 15) is 22.8 Å². The van der Waals surface area contributed by atoms with E-state index in [0.29, 0.717) is 19.5 Å². The van der Waals surface area contributed by atoms with E-state index < -0.39 is 12.1 Å². The highest BCUT2D eigenvalue weighted by atomic mass is 32.1.